The van der Waals surface area contributed by atoms with Gasteiger partial charge < -0.3 is 19.5 Å². The molecule has 10 nitrogen and oxygen atoms in total. The first kappa shape index (κ1) is 22.7. The van der Waals surface area contributed by atoms with E-state index in [1.165, 1.54) is 4.57 Å². The lowest BCUT2D eigenvalue weighted by atomic mass is 10.1. The first-order chi connectivity index (χ1) is 18.0. The minimum absolute atomic E-state index is 0.0985. The number of pyridine rings is 1. The Morgan fingerprint density at radius 1 is 1.19 bits per heavy atom. The maximum Gasteiger partial charge on any atom is 0.336 e. The lowest BCUT2D eigenvalue weighted by molar-refractivity contribution is -0.132. The van der Waals surface area contributed by atoms with E-state index in [4.69, 9.17) is 9.47 Å². The number of methoxy groups -OCH3 is 2. The molecule has 2 aromatic heterocycles. The van der Waals surface area contributed by atoms with Crippen molar-refractivity contribution in [2.75, 3.05) is 20.8 Å². The molecule has 186 valence electrons. The molecule has 0 aliphatic carbocycles. The van der Waals surface area contributed by atoms with Gasteiger partial charge in [-0.1, -0.05) is 6.07 Å². The summed E-state index contributed by atoms with van der Waals surface area (Å²) in [6.07, 6.45) is 2.31. The van der Waals surface area contributed by atoms with E-state index in [2.05, 4.69) is 11.1 Å². The van der Waals surface area contributed by atoms with Crippen LogP contribution in [0.2, 0.25) is 0 Å². The molecule has 6 rings (SSSR count). The lowest BCUT2D eigenvalue weighted by Gasteiger charge is -2.28. The first-order valence-electron chi connectivity index (χ1n) is 11.8. The number of amides is 1. The number of nitrogens with zero attached hydrogens (tertiary/aromatic N) is 5. The van der Waals surface area contributed by atoms with Crippen molar-refractivity contribution in [3.05, 3.63) is 76.0 Å². The molecule has 2 atom stereocenters. The summed E-state index contributed by atoms with van der Waals surface area (Å²) in [5.41, 5.74) is 2.11. The number of likely N-dealkylation sites (tertiary alicyclic amines) is 1. The van der Waals surface area contributed by atoms with Crippen LogP contribution in [0.5, 0.6) is 17.4 Å². The summed E-state index contributed by atoms with van der Waals surface area (Å²) in [6.45, 7) is 0.392. The topological polar surface area (TPSA) is 123 Å². The van der Waals surface area contributed by atoms with Gasteiger partial charge in [-0.3, -0.25) is 14.3 Å². The Bertz CT molecular complexity index is 1680. The number of benzene rings is 2. The molecular formula is C27H23N5O5. The van der Waals surface area contributed by atoms with Crippen LogP contribution in [0.25, 0.3) is 16.6 Å². The third-order valence-electron chi connectivity index (χ3n) is 7.29. The standard InChI is InChI=1S/C27H23N5O5/c1-36-21-8-5-15(10-22(21)37-2)11-23(33)30-14-17-12-20(30)25-26(34)32(27(35)31(17)25)19-7-6-16(13-28)24-18(19)4-3-9-29-24/h3-10,17,20,34H,11-12,14H2,1-2H3/t17-,20?/m1/s1. The third kappa shape index (κ3) is 3.27. The summed E-state index contributed by atoms with van der Waals surface area (Å²) >= 11 is 0. The van der Waals surface area contributed by atoms with E-state index in [0.29, 0.717) is 52.3 Å². The molecule has 0 saturated carbocycles. The molecule has 0 spiro atoms. The molecule has 2 aliphatic heterocycles. The number of imidazole rings is 1. The SMILES string of the molecule is COc1ccc(CC(=O)N2C[C@H]3CC2c2c(O)n(-c4ccc(C#N)c5ncccc45)c(=O)n23)cc1OC. The minimum atomic E-state index is -0.408. The van der Waals surface area contributed by atoms with Crippen molar-refractivity contribution >= 4 is 16.8 Å². The molecule has 4 aromatic rings. The van der Waals surface area contributed by atoms with Crippen LogP contribution in [-0.2, 0) is 11.2 Å². The fourth-order valence-corrected chi connectivity index (χ4v) is 5.65. The summed E-state index contributed by atoms with van der Waals surface area (Å²) in [5, 5.41) is 21.3. The van der Waals surface area contributed by atoms with Crippen molar-refractivity contribution in [2.45, 2.75) is 24.9 Å². The van der Waals surface area contributed by atoms with Crippen LogP contribution < -0.4 is 15.2 Å². The van der Waals surface area contributed by atoms with Crippen molar-refractivity contribution in [2.24, 2.45) is 0 Å². The van der Waals surface area contributed by atoms with Crippen LogP contribution in [0, 0.1) is 11.3 Å². The molecular weight excluding hydrogens is 474 g/mol. The molecule has 4 heterocycles. The number of ether oxygens (including phenoxy) is 2. The summed E-state index contributed by atoms with van der Waals surface area (Å²) in [6, 6.07) is 13.6. The quantitative estimate of drug-likeness (QED) is 0.450. The van der Waals surface area contributed by atoms with E-state index in [1.807, 2.05) is 6.07 Å². The fourth-order valence-electron chi connectivity index (χ4n) is 5.65. The highest BCUT2D eigenvalue weighted by atomic mass is 16.5. The fraction of sp³-hybridized carbons (Fsp3) is 0.259. The Kier molecular flexibility index (Phi) is 5.15. The molecule has 1 N–H and O–H groups in total. The maximum atomic E-state index is 13.5. The molecule has 1 amide bonds. The van der Waals surface area contributed by atoms with Gasteiger partial charge in [0.1, 0.15) is 11.8 Å². The van der Waals surface area contributed by atoms with Crippen LogP contribution in [0.3, 0.4) is 0 Å². The zero-order valence-corrected chi connectivity index (χ0v) is 20.2. The highest BCUT2D eigenvalue weighted by Gasteiger charge is 2.49. The van der Waals surface area contributed by atoms with Gasteiger partial charge in [0.2, 0.25) is 11.8 Å². The van der Waals surface area contributed by atoms with Crippen molar-refractivity contribution in [3.63, 3.8) is 0 Å². The van der Waals surface area contributed by atoms with Crippen LogP contribution in [0.15, 0.2) is 53.5 Å². The summed E-state index contributed by atoms with van der Waals surface area (Å²) in [5.74, 6) is 0.831. The molecule has 10 heteroatoms. The Balaban J connectivity index is 1.36. The highest BCUT2D eigenvalue weighted by Crippen LogP contribution is 2.49. The number of aromatic hydroxyl groups is 1. The van der Waals surface area contributed by atoms with E-state index in [1.54, 1.807) is 66.3 Å². The zero-order valence-electron chi connectivity index (χ0n) is 20.2. The number of rotatable bonds is 5. The number of nitriles is 1. The third-order valence-corrected chi connectivity index (χ3v) is 7.29. The van der Waals surface area contributed by atoms with Gasteiger partial charge in [0.05, 0.1) is 49.5 Å². The maximum absolute atomic E-state index is 13.5. The van der Waals surface area contributed by atoms with Crippen LogP contribution in [0.1, 0.15) is 35.3 Å². The average molecular weight is 498 g/mol. The normalized spacial score (nSPS) is 17.6. The van der Waals surface area contributed by atoms with Crippen molar-refractivity contribution < 1.29 is 19.4 Å². The smallest absolute Gasteiger partial charge is 0.336 e. The molecule has 1 fully saturated rings. The molecule has 0 radical (unpaired) electrons. The van der Waals surface area contributed by atoms with Crippen LogP contribution in [0.4, 0.5) is 0 Å². The van der Waals surface area contributed by atoms with E-state index in [-0.39, 0.29) is 29.9 Å². The van der Waals surface area contributed by atoms with Gasteiger partial charge in [-0.2, -0.15) is 5.26 Å². The van der Waals surface area contributed by atoms with Gasteiger partial charge in [-0.05, 0) is 48.4 Å². The molecule has 1 saturated heterocycles. The lowest BCUT2D eigenvalue weighted by Crippen LogP contribution is -2.38. The van der Waals surface area contributed by atoms with Crippen LogP contribution in [-0.4, -0.2) is 50.8 Å². The number of hydrogen-bond donors (Lipinski definition) is 1. The predicted molar refractivity (Wildman–Crippen MR) is 133 cm³/mol. The monoisotopic (exact) mass is 497 g/mol. The van der Waals surface area contributed by atoms with Gasteiger partial charge in [-0.25, -0.2) is 9.36 Å². The number of carbonyl (C=O) groups is 1. The molecule has 1 unspecified atom stereocenters. The molecule has 2 aliphatic rings. The zero-order chi connectivity index (χ0) is 25.8. The van der Waals surface area contributed by atoms with Crippen molar-refractivity contribution in [3.8, 4) is 29.1 Å². The van der Waals surface area contributed by atoms with Crippen molar-refractivity contribution in [1.82, 2.24) is 19.0 Å². The Hall–Kier alpha value is -4.78. The number of carbonyl (C=O) groups excluding carboxylic acids is 1. The molecule has 37 heavy (non-hydrogen) atoms. The Labute approximate surface area is 211 Å². The second kappa shape index (κ2) is 8.41. The number of aromatic nitrogens is 3. The van der Waals surface area contributed by atoms with Gasteiger partial charge >= 0.3 is 5.69 Å². The number of hydrogen-bond acceptors (Lipinski definition) is 7. The molecule has 2 bridgehead atoms. The molecule has 2 aromatic carbocycles. The van der Waals surface area contributed by atoms with Gasteiger partial charge in [0.15, 0.2) is 11.5 Å². The van der Waals surface area contributed by atoms with Gasteiger partial charge in [0.25, 0.3) is 0 Å². The van der Waals surface area contributed by atoms with Gasteiger partial charge in [-0.15, -0.1) is 0 Å². The van der Waals surface area contributed by atoms with E-state index in [9.17, 15) is 20.0 Å². The average Bonchev–Trinajstić information content (AvgIpc) is 3.59. The predicted octanol–water partition coefficient (Wildman–Crippen LogP) is 2.85. The summed E-state index contributed by atoms with van der Waals surface area (Å²) in [7, 11) is 3.10. The van der Waals surface area contributed by atoms with Crippen LogP contribution >= 0.6 is 0 Å². The minimum Gasteiger partial charge on any atom is -0.493 e. The number of fused-ring (bicyclic) bond motifs is 6. The van der Waals surface area contributed by atoms with E-state index < -0.39 is 6.04 Å². The Morgan fingerprint density at radius 3 is 2.76 bits per heavy atom. The summed E-state index contributed by atoms with van der Waals surface area (Å²) in [4.78, 5) is 32.9. The Morgan fingerprint density at radius 2 is 2.00 bits per heavy atom. The highest BCUT2D eigenvalue weighted by molar-refractivity contribution is 5.91. The summed E-state index contributed by atoms with van der Waals surface area (Å²) < 4.78 is 13.5. The second-order valence-corrected chi connectivity index (χ2v) is 9.16. The largest absolute Gasteiger partial charge is 0.493 e. The first-order valence-corrected chi connectivity index (χ1v) is 11.8. The second-order valence-electron chi connectivity index (χ2n) is 9.16. The van der Waals surface area contributed by atoms with E-state index in [0.717, 1.165) is 5.56 Å². The van der Waals surface area contributed by atoms with Crippen molar-refractivity contribution in [1.29, 1.82) is 5.26 Å². The van der Waals surface area contributed by atoms with Gasteiger partial charge in [0, 0.05) is 18.1 Å². The van der Waals surface area contributed by atoms with E-state index >= 15 is 0 Å².